The summed E-state index contributed by atoms with van der Waals surface area (Å²) in [7, 11) is 0. The third-order valence-electron chi connectivity index (χ3n) is 4.15. The minimum absolute atomic E-state index is 0.180. The van der Waals surface area contributed by atoms with Crippen LogP contribution in [-0.2, 0) is 16.1 Å². The minimum Gasteiger partial charge on any atom is -0.345 e. The molecule has 0 unspecified atom stereocenters. The molecule has 0 fully saturated rings. The van der Waals surface area contributed by atoms with Crippen LogP contribution < -0.4 is 16.0 Å². The lowest BCUT2D eigenvalue weighted by Crippen LogP contribution is -2.40. The van der Waals surface area contributed by atoms with E-state index in [1.54, 1.807) is 16.9 Å². The first-order valence-electron chi connectivity index (χ1n) is 9.27. The van der Waals surface area contributed by atoms with E-state index >= 15 is 0 Å². The van der Waals surface area contributed by atoms with E-state index in [1.165, 1.54) is 18.2 Å². The van der Waals surface area contributed by atoms with Crippen LogP contribution in [0.4, 0.5) is 5.69 Å². The number of hydrogen-bond acceptors (Lipinski definition) is 4. The van der Waals surface area contributed by atoms with Gasteiger partial charge in [-0.1, -0.05) is 35.3 Å². The highest BCUT2D eigenvalue weighted by molar-refractivity contribution is 6.36. The van der Waals surface area contributed by atoms with Gasteiger partial charge in [-0.25, -0.2) is 0 Å². The molecule has 0 aliphatic heterocycles. The monoisotopic (exact) mass is 459 g/mol. The molecule has 0 saturated carbocycles. The number of nitrogens with one attached hydrogen (secondary N) is 3. The average molecular weight is 460 g/mol. The van der Waals surface area contributed by atoms with E-state index in [-0.39, 0.29) is 23.7 Å². The minimum atomic E-state index is -0.518. The van der Waals surface area contributed by atoms with Crippen LogP contribution in [0.5, 0.6) is 0 Å². The summed E-state index contributed by atoms with van der Waals surface area (Å²) in [5.41, 5.74) is 1.77. The molecular weight excluding hydrogens is 441 g/mol. The summed E-state index contributed by atoms with van der Waals surface area (Å²) in [4.78, 5) is 36.2. The Kier molecular flexibility index (Phi) is 7.64. The van der Waals surface area contributed by atoms with Crippen LogP contribution in [0.15, 0.2) is 60.9 Å². The van der Waals surface area contributed by atoms with E-state index in [9.17, 15) is 14.4 Å². The molecule has 1 heterocycles. The van der Waals surface area contributed by atoms with Gasteiger partial charge in [0.15, 0.2) is 0 Å². The second-order valence-corrected chi connectivity index (χ2v) is 7.38. The van der Waals surface area contributed by atoms with Crippen molar-refractivity contribution in [1.82, 2.24) is 20.4 Å². The molecule has 0 spiro atoms. The van der Waals surface area contributed by atoms with Crippen molar-refractivity contribution in [2.24, 2.45) is 0 Å². The zero-order valence-electron chi connectivity index (χ0n) is 16.3. The number of benzene rings is 2. The van der Waals surface area contributed by atoms with E-state index in [1.807, 2.05) is 30.5 Å². The molecule has 0 aliphatic carbocycles. The summed E-state index contributed by atoms with van der Waals surface area (Å²) < 4.78 is 1.77. The number of carbonyl (C=O) groups excluding carboxylic acids is 3. The van der Waals surface area contributed by atoms with Gasteiger partial charge in [0.05, 0.1) is 30.2 Å². The topological polar surface area (TPSA) is 105 Å². The predicted molar refractivity (Wildman–Crippen MR) is 118 cm³/mol. The van der Waals surface area contributed by atoms with Gasteiger partial charge in [-0.3, -0.25) is 19.1 Å². The van der Waals surface area contributed by atoms with Gasteiger partial charge in [0.2, 0.25) is 11.8 Å². The third kappa shape index (κ3) is 6.84. The molecule has 0 saturated heterocycles. The van der Waals surface area contributed by atoms with Crippen molar-refractivity contribution in [3.05, 3.63) is 82.1 Å². The van der Waals surface area contributed by atoms with Crippen molar-refractivity contribution in [1.29, 1.82) is 0 Å². The van der Waals surface area contributed by atoms with E-state index in [0.717, 1.165) is 5.56 Å². The second-order valence-electron chi connectivity index (χ2n) is 6.54. The highest BCUT2D eigenvalue weighted by Crippen LogP contribution is 2.20. The van der Waals surface area contributed by atoms with Crippen LogP contribution in [0.3, 0.4) is 0 Å². The first-order valence-corrected chi connectivity index (χ1v) is 10.0. The highest BCUT2D eigenvalue weighted by atomic mass is 35.5. The van der Waals surface area contributed by atoms with Crippen molar-refractivity contribution in [2.75, 3.05) is 18.4 Å². The number of rotatable bonds is 8. The lowest BCUT2D eigenvalue weighted by molar-refractivity contribution is -0.123. The van der Waals surface area contributed by atoms with Crippen LogP contribution in [0.1, 0.15) is 15.9 Å². The smallest absolute Gasteiger partial charge is 0.253 e. The maximum atomic E-state index is 12.1. The third-order valence-corrected chi connectivity index (χ3v) is 4.69. The van der Waals surface area contributed by atoms with E-state index in [2.05, 4.69) is 21.0 Å². The Labute approximate surface area is 188 Å². The van der Waals surface area contributed by atoms with Crippen LogP contribution in [0, 0.1) is 0 Å². The maximum absolute atomic E-state index is 12.1. The lowest BCUT2D eigenvalue weighted by atomic mass is 10.2. The predicted octanol–water partition coefficient (Wildman–Crippen LogP) is 2.72. The van der Waals surface area contributed by atoms with Crippen molar-refractivity contribution < 1.29 is 14.4 Å². The van der Waals surface area contributed by atoms with Crippen LogP contribution in [0.2, 0.25) is 10.0 Å². The van der Waals surface area contributed by atoms with Crippen molar-refractivity contribution in [3.63, 3.8) is 0 Å². The Morgan fingerprint density at radius 2 is 1.74 bits per heavy atom. The molecule has 0 radical (unpaired) electrons. The molecule has 0 bridgehead atoms. The molecule has 1 aromatic heterocycles. The number of hydrogen-bond donors (Lipinski definition) is 3. The van der Waals surface area contributed by atoms with Gasteiger partial charge in [-0.2, -0.15) is 5.10 Å². The molecule has 10 heteroatoms. The summed E-state index contributed by atoms with van der Waals surface area (Å²) in [5.74, 6) is -1.42. The standard InChI is InChI=1S/C21H19Cl2N5O3/c22-15-5-6-17(18(23)10-15)21(31)25-11-19(29)24-12-20(30)27-16-4-1-3-14(9-16)13-28-8-2-7-26-28/h1-10H,11-13H2,(H,24,29)(H,25,31)(H,27,30). The van der Waals surface area contributed by atoms with Crippen LogP contribution >= 0.6 is 23.2 Å². The number of nitrogens with zero attached hydrogens (tertiary/aromatic N) is 2. The Balaban J connectivity index is 1.43. The Morgan fingerprint density at radius 1 is 0.935 bits per heavy atom. The van der Waals surface area contributed by atoms with Crippen molar-refractivity contribution in [3.8, 4) is 0 Å². The average Bonchev–Trinajstić information content (AvgIpc) is 3.24. The molecule has 8 nitrogen and oxygen atoms in total. The molecule has 0 aliphatic rings. The Morgan fingerprint density at radius 3 is 2.48 bits per heavy atom. The van der Waals surface area contributed by atoms with Gasteiger partial charge in [-0.15, -0.1) is 0 Å². The fraction of sp³-hybridized carbons (Fsp3) is 0.143. The summed E-state index contributed by atoms with van der Waals surface area (Å²) in [5, 5.41) is 12.3. The zero-order chi connectivity index (χ0) is 22.2. The number of anilines is 1. The molecule has 3 amide bonds. The molecule has 2 aromatic carbocycles. The van der Waals surface area contributed by atoms with Crippen molar-refractivity contribution >= 4 is 46.6 Å². The van der Waals surface area contributed by atoms with Gasteiger partial charge >= 0.3 is 0 Å². The van der Waals surface area contributed by atoms with Gasteiger partial charge in [0, 0.05) is 23.1 Å². The number of carbonyl (C=O) groups is 3. The summed E-state index contributed by atoms with van der Waals surface area (Å²) >= 11 is 11.8. The van der Waals surface area contributed by atoms with Crippen LogP contribution in [-0.4, -0.2) is 40.6 Å². The lowest BCUT2D eigenvalue weighted by Gasteiger charge is -2.10. The maximum Gasteiger partial charge on any atom is 0.253 e. The van der Waals surface area contributed by atoms with Gasteiger partial charge in [-0.05, 0) is 42.0 Å². The Bertz CT molecular complexity index is 1090. The Hall–Kier alpha value is -3.36. The van der Waals surface area contributed by atoms with Gasteiger partial charge < -0.3 is 16.0 Å². The number of aromatic nitrogens is 2. The summed E-state index contributed by atoms with van der Waals surface area (Å²) in [6.07, 6.45) is 3.54. The largest absolute Gasteiger partial charge is 0.345 e. The SMILES string of the molecule is O=C(CNC(=O)c1ccc(Cl)cc1Cl)NCC(=O)Nc1cccc(Cn2cccn2)c1. The zero-order valence-corrected chi connectivity index (χ0v) is 17.8. The normalized spacial score (nSPS) is 10.4. The molecular formula is C21H19Cl2N5O3. The van der Waals surface area contributed by atoms with Crippen molar-refractivity contribution in [2.45, 2.75) is 6.54 Å². The first kappa shape index (κ1) is 22.3. The molecule has 3 N–H and O–H groups in total. The summed E-state index contributed by atoms with van der Waals surface area (Å²) in [6.45, 7) is 0.0367. The molecule has 31 heavy (non-hydrogen) atoms. The quantitative estimate of drug-likeness (QED) is 0.481. The van der Waals surface area contributed by atoms with E-state index < -0.39 is 17.7 Å². The fourth-order valence-electron chi connectivity index (χ4n) is 2.70. The van der Waals surface area contributed by atoms with E-state index in [0.29, 0.717) is 17.3 Å². The van der Waals surface area contributed by atoms with Crippen LogP contribution in [0.25, 0.3) is 0 Å². The second kappa shape index (κ2) is 10.6. The number of amides is 3. The van der Waals surface area contributed by atoms with Gasteiger partial charge in [0.1, 0.15) is 0 Å². The van der Waals surface area contributed by atoms with E-state index in [4.69, 9.17) is 23.2 Å². The molecule has 3 aromatic rings. The number of halogens is 2. The van der Waals surface area contributed by atoms with Gasteiger partial charge in [0.25, 0.3) is 5.91 Å². The molecule has 3 rings (SSSR count). The molecule has 0 atom stereocenters. The first-order chi connectivity index (χ1) is 14.9. The fourth-order valence-corrected chi connectivity index (χ4v) is 3.20. The highest BCUT2D eigenvalue weighted by Gasteiger charge is 2.13. The molecule has 160 valence electrons. The summed E-state index contributed by atoms with van der Waals surface area (Å²) in [6, 6.07) is 13.6.